The number of nitrogens with one attached hydrogen (secondary N) is 8. The molecule has 1 fully saturated rings. The van der Waals surface area contributed by atoms with E-state index < -0.39 is 164 Å². The third-order valence-corrected chi connectivity index (χ3v) is 10.9. The van der Waals surface area contributed by atoms with Gasteiger partial charge in [-0.1, -0.05) is 53.2 Å². The maximum absolute atomic E-state index is 14.1. The smallest absolute Gasteiger partial charge is 0.245 e. The van der Waals surface area contributed by atoms with Crippen LogP contribution in [-0.2, 0) is 64.0 Å². The molecule has 376 valence electrons. The van der Waals surface area contributed by atoms with Gasteiger partial charge in [-0.3, -0.25) is 58.1 Å². The zero-order valence-corrected chi connectivity index (χ0v) is 39.1. The molecule has 1 aromatic rings. The molecule has 0 spiro atoms. The number of likely N-dealkylation sites (N-methyl/N-ethyl adjacent to an activating group) is 1. The highest BCUT2D eigenvalue weighted by Crippen LogP contribution is 2.20. The number of rotatable bonds is 17. The molecule has 1 aliphatic rings. The first kappa shape index (κ1) is 56.9. The van der Waals surface area contributed by atoms with E-state index in [-0.39, 0.29) is 24.9 Å². The molecule has 25 heteroatoms. The predicted octanol–water partition coefficient (Wildman–Crippen LogP) is -4.91. The minimum Gasteiger partial charge on any atom is -0.508 e. The molecular formula is C43H66N12O13. The van der Waals surface area contributed by atoms with E-state index in [4.69, 9.17) is 17.2 Å². The molecule has 1 saturated heterocycles. The molecule has 68 heavy (non-hydrogen) atoms. The summed E-state index contributed by atoms with van der Waals surface area (Å²) in [4.78, 5) is 158. The summed E-state index contributed by atoms with van der Waals surface area (Å²) in [6, 6.07) is -4.41. The Labute approximate surface area is 393 Å². The summed E-state index contributed by atoms with van der Waals surface area (Å²) in [5.74, 6) is -10.4. The number of carbonyl (C=O) groups excluding carboxylic acids is 12. The second kappa shape index (κ2) is 26.8. The van der Waals surface area contributed by atoms with Crippen molar-refractivity contribution in [3.05, 3.63) is 29.8 Å². The highest BCUT2D eigenvalue weighted by atomic mass is 16.3. The molecule has 0 saturated carbocycles. The summed E-state index contributed by atoms with van der Waals surface area (Å²) in [6.07, 6.45) is -2.02. The SMILES string of the molecule is CCC(C)C1NC(=O)C(Cc2ccc(O)cc2)NC(=O)CNC(=O)CCC(C(=O)N(C)CC(=O)NC(C(=O)NCC(N)=O)C(C)(C)C)NC(=O)C(CC(N)=O)NC(C=O)C(CCC(N)=O)NC1=O. The number of carbonyl (C=O) groups is 12. The number of aldehydes is 1. The second-order valence-electron chi connectivity index (χ2n) is 17.7. The lowest BCUT2D eigenvalue weighted by Crippen LogP contribution is -2.62. The van der Waals surface area contributed by atoms with Gasteiger partial charge in [-0.25, -0.2) is 0 Å². The minimum absolute atomic E-state index is 0.0693. The summed E-state index contributed by atoms with van der Waals surface area (Å²) in [7, 11) is 1.18. The first-order valence-electron chi connectivity index (χ1n) is 21.9. The highest BCUT2D eigenvalue weighted by Gasteiger charge is 2.37. The van der Waals surface area contributed by atoms with Gasteiger partial charge >= 0.3 is 0 Å². The normalized spacial score (nSPS) is 22.2. The van der Waals surface area contributed by atoms with Crippen LogP contribution in [-0.4, -0.2) is 150 Å². The van der Waals surface area contributed by atoms with E-state index in [9.17, 15) is 62.6 Å². The maximum Gasteiger partial charge on any atom is 0.245 e. The molecule has 0 radical (unpaired) electrons. The van der Waals surface area contributed by atoms with E-state index in [1.54, 1.807) is 34.6 Å². The number of nitrogens with zero attached hydrogens (tertiary/aromatic N) is 1. The van der Waals surface area contributed by atoms with Gasteiger partial charge in [-0.2, -0.15) is 0 Å². The molecular weight excluding hydrogens is 893 g/mol. The lowest BCUT2D eigenvalue weighted by atomic mass is 9.86. The van der Waals surface area contributed by atoms with Crippen LogP contribution in [0.2, 0.25) is 0 Å². The summed E-state index contributed by atoms with van der Waals surface area (Å²) < 4.78 is 0. The standard InChI is InChI=1S/C43H66N12O13/c1-7-22(2)36-40(66)51-25(12-14-30(44)58)29(21-56)49-28(17-31(45)59)38(64)52-26(42(68)55(6)20-35(63)53-37(43(3,4)5)41(67)48-18-32(46)60)13-15-33(61)47-19-34(62)50-27(39(65)54-36)16-23-8-10-24(57)11-9-23/h8-11,21-22,25-29,36-37,49,57H,7,12-20H2,1-6H3,(H2,44,58)(H2,45,59)(H2,46,60)(H,47,61)(H,48,67)(H,50,62)(H,51,66)(H,52,64)(H,53,63)(H,54,65). The van der Waals surface area contributed by atoms with Crippen LogP contribution in [0.3, 0.4) is 0 Å². The van der Waals surface area contributed by atoms with Gasteiger partial charge in [0.1, 0.15) is 36.2 Å². The molecule has 8 atom stereocenters. The fourth-order valence-corrected chi connectivity index (χ4v) is 6.89. The molecule has 1 aromatic carbocycles. The van der Waals surface area contributed by atoms with E-state index in [1.165, 1.54) is 31.3 Å². The van der Waals surface area contributed by atoms with E-state index in [0.717, 1.165) is 4.90 Å². The predicted molar refractivity (Wildman–Crippen MR) is 241 cm³/mol. The van der Waals surface area contributed by atoms with Crippen molar-refractivity contribution in [2.24, 2.45) is 28.5 Å². The number of nitrogens with two attached hydrogens (primary N) is 3. The number of amides is 11. The number of hydrogen-bond donors (Lipinski definition) is 12. The largest absolute Gasteiger partial charge is 0.508 e. The van der Waals surface area contributed by atoms with Crippen molar-refractivity contribution in [3.8, 4) is 5.75 Å². The number of phenols is 1. The molecule has 25 nitrogen and oxygen atoms in total. The molecule has 0 aliphatic carbocycles. The van der Waals surface area contributed by atoms with Crippen LogP contribution in [0.5, 0.6) is 5.75 Å². The molecule has 0 aromatic heterocycles. The second-order valence-corrected chi connectivity index (χ2v) is 17.7. The van der Waals surface area contributed by atoms with Crippen LogP contribution in [0, 0.1) is 11.3 Å². The van der Waals surface area contributed by atoms with Crippen molar-refractivity contribution >= 4 is 71.3 Å². The van der Waals surface area contributed by atoms with Gasteiger partial charge in [0.25, 0.3) is 0 Å². The molecule has 0 bridgehead atoms. The zero-order chi connectivity index (χ0) is 51.5. The monoisotopic (exact) mass is 958 g/mol. The third-order valence-electron chi connectivity index (χ3n) is 10.9. The average Bonchev–Trinajstić information content (AvgIpc) is 3.26. The van der Waals surface area contributed by atoms with Crippen molar-refractivity contribution in [2.75, 3.05) is 26.7 Å². The Morgan fingerprint density at radius 3 is 2.06 bits per heavy atom. The van der Waals surface area contributed by atoms with Gasteiger partial charge in [0.15, 0.2) is 0 Å². The molecule has 8 unspecified atom stereocenters. The fraction of sp³-hybridized carbons (Fsp3) is 0.581. The van der Waals surface area contributed by atoms with Gasteiger partial charge in [-0.05, 0) is 41.9 Å². The van der Waals surface area contributed by atoms with E-state index >= 15 is 0 Å². The van der Waals surface area contributed by atoms with Crippen LogP contribution in [0.1, 0.15) is 78.7 Å². The number of benzene rings is 1. The zero-order valence-electron chi connectivity index (χ0n) is 39.1. The van der Waals surface area contributed by atoms with Gasteiger partial charge in [0.2, 0.25) is 65.0 Å². The fourth-order valence-electron chi connectivity index (χ4n) is 6.89. The lowest BCUT2D eigenvalue weighted by molar-refractivity contribution is -0.140. The summed E-state index contributed by atoms with van der Waals surface area (Å²) in [5.41, 5.74) is 15.6. The highest BCUT2D eigenvalue weighted by molar-refractivity contribution is 5.96. The summed E-state index contributed by atoms with van der Waals surface area (Å²) >= 11 is 0. The van der Waals surface area contributed by atoms with Crippen LogP contribution in [0.25, 0.3) is 0 Å². The van der Waals surface area contributed by atoms with Gasteiger partial charge in [0, 0.05) is 26.3 Å². The van der Waals surface area contributed by atoms with E-state index in [0.29, 0.717) is 12.0 Å². The maximum atomic E-state index is 14.1. The molecule has 1 aliphatic heterocycles. The van der Waals surface area contributed by atoms with E-state index in [2.05, 4.69) is 42.5 Å². The minimum atomic E-state index is -1.71. The first-order chi connectivity index (χ1) is 31.7. The van der Waals surface area contributed by atoms with Crippen molar-refractivity contribution in [1.82, 2.24) is 47.4 Å². The third kappa shape index (κ3) is 19.3. The molecule has 15 N–H and O–H groups in total. The van der Waals surface area contributed by atoms with Crippen molar-refractivity contribution in [1.29, 1.82) is 0 Å². The first-order valence-corrected chi connectivity index (χ1v) is 21.9. The molecule has 1 heterocycles. The van der Waals surface area contributed by atoms with Crippen LogP contribution < -0.4 is 59.7 Å². The van der Waals surface area contributed by atoms with Crippen molar-refractivity contribution in [2.45, 2.75) is 122 Å². The van der Waals surface area contributed by atoms with Crippen molar-refractivity contribution < 1.29 is 62.6 Å². The number of primary amides is 3. The Balaban J connectivity index is 2.64. The molecule has 2 rings (SSSR count). The summed E-state index contributed by atoms with van der Waals surface area (Å²) in [5, 5.41) is 30.0. The topological polar surface area (TPSA) is 403 Å². The summed E-state index contributed by atoms with van der Waals surface area (Å²) in [6.45, 7) is 6.35. The lowest BCUT2D eigenvalue weighted by Gasteiger charge is -2.32. The Kier molecular flexibility index (Phi) is 22.5. The van der Waals surface area contributed by atoms with Crippen LogP contribution in [0.4, 0.5) is 0 Å². The van der Waals surface area contributed by atoms with Gasteiger partial charge < -0.3 is 69.2 Å². The van der Waals surface area contributed by atoms with Crippen LogP contribution in [0.15, 0.2) is 24.3 Å². The Morgan fingerprint density at radius 1 is 0.868 bits per heavy atom. The number of phenolic OH excluding ortho intramolecular Hbond substituents is 1. The van der Waals surface area contributed by atoms with E-state index in [1.807, 2.05) is 0 Å². The van der Waals surface area contributed by atoms with Crippen molar-refractivity contribution in [3.63, 3.8) is 0 Å². The van der Waals surface area contributed by atoms with Crippen LogP contribution >= 0.6 is 0 Å². The Hall–Kier alpha value is -7.18. The van der Waals surface area contributed by atoms with Gasteiger partial charge in [0.05, 0.1) is 44.2 Å². The Bertz CT molecular complexity index is 2030. The molecule has 11 amide bonds. The number of aromatic hydroxyl groups is 1. The Morgan fingerprint density at radius 2 is 1.50 bits per heavy atom. The quantitative estimate of drug-likeness (QED) is 0.0652. The average molecular weight is 959 g/mol. The van der Waals surface area contributed by atoms with Gasteiger partial charge in [-0.15, -0.1) is 0 Å². The number of hydrogen-bond acceptors (Lipinski definition) is 14.